The Labute approximate surface area is 105 Å². The van der Waals surface area contributed by atoms with Crippen molar-refractivity contribution in [1.82, 2.24) is 9.78 Å². The summed E-state index contributed by atoms with van der Waals surface area (Å²) in [5.74, 6) is 0.378. The van der Waals surface area contributed by atoms with Gasteiger partial charge in [0, 0.05) is 12.1 Å². The Morgan fingerprint density at radius 2 is 2.17 bits per heavy atom. The molecule has 0 spiro atoms. The van der Waals surface area contributed by atoms with E-state index in [0.717, 1.165) is 16.9 Å². The molecule has 2 N–H and O–H groups in total. The fraction of sp³-hybridized carbons (Fsp3) is 0.357. The molecule has 94 valence electrons. The van der Waals surface area contributed by atoms with Crippen LogP contribution in [0, 0.1) is 5.82 Å². The lowest BCUT2D eigenvalue weighted by atomic mass is 10.1. The maximum atomic E-state index is 13.5. The zero-order chi connectivity index (χ0) is 12.5. The van der Waals surface area contributed by atoms with Crippen LogP contribution < -0.4 is 5.73 Å². The van der Waals surface area contributed by atoms with Crippen molar-refractivity contribution in [2.45, 2.75) is 25.2 Å². The van der Waals surface area contributed by atoms with E-state index < -0.39 is 0 Å². The van der Waals surface area contributed by atoms with Gasteiger partial charge in [0.25, 0.3) is 0 Å². The van der Waals surface area contributed by atoms with Gasteiger partial charge in [-0.25, -0.2) is 9.07 Å². The van der Waals surface area contributed by atoms with Crippen LogP contribution in [-0.2, 0) is 6.42 Å². The molecule has 3 rings (SSSR count). The normalized spacial score (nSPS) is 15.0. The molecule has 1 aromatic heterocycles. The molecule has 0 bridgehead atoms. The Balaban J connectivity index is 1.93. The predicted octanol–water partition coefficient (Wildman–Crippen LogP) is 2.39. The molecule has 18 heavy (non-hydrogen) atoms. The molecular weight excluding hydrogens is 229 g/mol. The Kier molecular flexibility index (Phi) is 2.88. The zero-order valence-electron chi connectivity index (χ0n) is 10.1. The number of halogens is 1. The Morgan fingerprint density at radius 1 is 1.33 bits per heavy atom. The van der Waals surface area contributed by atoms with Crippen molar-refractivity contribution >= 4 is 0 Å². The first-order valence-electron chi connectivity index (χ1n) is 6.32. The van der Waals surface area contributed by atoms with E-state index in [1.165, 1.54) is 25.0 Å². The number of hydrogen-bond acceptors (Lipinski definition) is 2. The Morgan fingerprint density at radius 3 is 2.89 bits per heavy atom. The van der Waals surface area contributed by atoms with Gasteiger partial charge in [0.2, 0.25) is 0 Å². The summed E-state index contributed by atoms with van der Waals surface area (Å²) in [7, 11) is 0. The van der Waals surface area contributed by atoms with Crippen molar-refractivity contribution in [3.63, 3.8) is 0 Å². The first kappa shape index (κ1) is 11.4. The molecule has 0 atom stereocenters. The zero-order valence-corrected chi connectivity index (χ0v) is 10.1. The molecule has 3 nitrogen and oxygen atoms in total. The van der Waals surface area contributed by atoms with Crippen LogP contribution in [0.2, 0.25) is 0 Å². The molecule has 0 amide bonds. The molecule has 1 aliphatic carbocycles. The van der Waals surface area contributed by atoms with Gasteiger partial charge >= 0.3 is 0 Å². The number of benzene rings is 1. The predicted molar refractivity (Wildman–Crippen MR) is 68.3 cm³/mol. The van der Waals surface area contributed by atoms with Gasteiger partial charge in [-0.2, -0.15) is 5.10 Å². The molecule has 1 aliphatic rings. The topological polar surface area (TPSA) is 43.8 Å². The summed E-state index contributed by atoms with van der Waals surface area (Å²) in [5.41, 5.74) is 8.30. The van der Waals surface area contributed by atoms with Crippen LogP contribution in [0.15, 0.2) is 30.5 Å². The van der Waals surface area contributed by atoms with Gasteiger partial charge < -0.3 is 5.73 Å². The molecule has 0 aliphatic heterocycles. The van der Waals surface area contributed by atoms with Crippen LogP contribution in [0.1, 0.15) is 30.0 Å². The first-order valence-corrected chi connectivity index (χ1v) is 6.32. The van der Waals surface area contributed by atoms with Gasteiger partial charge in [0.1, 0.15) is 5.82 Å². The Hall–Kier alpha value is -1.68. The number of nitrogens with zero attached hydrogens (tertiary/aromatic N) is 2. The summed E-state index contributed by atoms with van der Waals surface area (Å²) >= 11 is 0. The molecule has 1 fully saturated rings. The number of hydrogen-bond donors (Lipinski definition) is 1. The molecule has 4 heteroatoms. The highest BCUT2D eigenvalue weighted by Gasteiger charge is 2.25. The van der Waals surface area contributed by atoms with Crippen LogP contribution in [0.25, 0.3) is 5.69 Å². The minimum atomic E-state index is -0.237. The molecule has 1 aromatic carbocycles. The summed E-state index contributed by atoms with van der Waals surface area (Å²) in [6, 6.07) is 7.00. The van der Waals surface area contributed by atoms with Crippen LogP contribution in [-0.4, -0.2) is 16.3 Å². The minimum Gasteiger partial charge on any atom is -0.330 e. The van der Waals surface area contributed by atoms with E-state index in [2.05, 4.69) is 5.10 Å². The highest BCUT2D eigenvalue weighted by Crippen LogP contribution is 2.39. The lowest BCUT2D eigenvalue weighted by Gasteiger charge is -2.05. The molecule has 0 unspecified atom stereocenters. The number of aromatic nitrogens is 2. The SMILES string of the molecule is NCCc1cc(F)cc(-n2ccc(C3CC3)n2)c1. The van der Waals surface area contributed by atoms with Crippen LogP contribution >= 0.6 is 0 Å². The van der Waals surface area contributed by atoms with Crippen molar-refractivity contribution < 1.29 is 4.39 Å². The van der Waals surface area contributed by atoms with Gasteiger partial charge in [-0.3, -0.25) is 0 Å². The van der Waals surface area contributed by atoms with Gasteiger partial charge in [-0.1, -0.05) is 0 Å². The summed E-state index contributed by atoms with van der Waals surface area (Å²) in [4.78, 5) is 0. The summed E-state index contributed by atoms with van der Waals surface area (Å²) in [6.45, 7) is 0.523. The van der Waals surface area contributed by atoms with Gasteiger partial charge in [-0.15, -0.1) is 0 Å². The van der Waals surface area contributed by atoms with Crippen molar-refractivity contribution in [2.75, 3.05) is 6.54 Å². The van der Waals surface area contributed by atoms with Crippen molar-refractivity contribution in [3.8, 4) is 5.69 Å². The van der Waals surface area contributed by atoms with Gasteiger partial charge in [0.05, 0.1) is 11.4 Å². The van der Waals surface area contributed by atoms with Gasteiger partial charge in [-0.05, 0) is 55.6 Å². The van der Waals surface area contributed by atoms with Crippen molar-refractivity contribution in [3.05, 3.63) is 47.5 Å². The molecule has 1 saturated carbocycles. The van der Waals surface area contributed by atoms with E-state index >= 15 is 0 Å². The molecule has 2 aromatic rings. The lowest BCUT2D eigenvalue weighted by Crippen LogP contribution is -2.04. The van der Waals surface area contributed by atoms with E-state index in [4.69, 9.17) is 5.73 Å². The summed E-state index contributed by atoms with van der Waals surface area (Å²) in [6.07, 6.45) is 5.02. The molecule has 1 heterocycles. The van der Waals surface area contributed by atoms with E-state index in [1.54, 1.807) is 4.68 Å². The largest absolute Gasteiger partial charge is 0.330 e. The number of nitrogens with two attached hydrogens (primary N) is 1. The second-order valence-electron chi connectivity index (χ2n) is 4.82. The average Bonchev–Trinajstić information content (AvgIpc) is 3.07. The van der Waals surface area contributed by atoms with E-state index in [-0.39, 0.29) is 5.82 Å². The van der Waals surface area contributed by atoms with E-state index in [0.29, 0.717) is 18.9 Å². The maximum absolute atomic E-state index is 13.5. The van der Waals surface area contributed by atoms with E-state index in [9.17, 15) is 4.39 Å². The van der Waals surface area contributed by atoms with Gasteiger partial charge in [0.15, 0.2) is 0 Å². The third kappa shape index (κ3) is 2.29. The lowest BCUT2D eigenvalue weighted by molar-refractivity contribution is 0.622. The first-order chi connectivity index (χ1) is 8.76. The highest BCUT2D eigenvalue weighted by molar-refractivity contribution is 5.36. The summed E-state index contributed by atoms with van der Waals surface area (Å²) in [5, 5.41) is 4.50. The third-order valence-electron chi connectivity index (χ3n) is 3.25. The Bertz CT molecular complexity index is 558. The molecule has 0 radical (unpaired) electrons. The van der Waals surface area contributed by atoms with Crippen LogP contribution in [0.3, 0.4) is 0 Å². The monoisotopic (exact) mass is 245 g/mol. The van der Waals surface area contributed by atoms with Crippen molar-refractivity contribution in [1.29, 1.82) is 0 Å². The minimum absolute atomic E-state index is 0.237. The standard InChI is InChI=1S/C14H16FN3/c15-12-7-10(3-5-16)8-13(9-12)18-6-4-14(17-18)11-1-2-11/h4,6-9,11H,1-3,5,16H2. The molecule has 0 saturated heterocycles. The maximum Gasteiger partial charge on any atom is 0.125 e. The van der Waals surface area contributed by atoms with Crippen LogP contribution in [0.5, 0.6) is 0 Å². The van der Waals surface area contributed by atoms with Crippen LogP contribution in [0.4, 0.5) is 4.39 Å². The quantitative estimate of drug-likeness (QED) is 0.898. The number of rotatable bonds is 4. The highest BCUT2D eigenvalue weighted by atomic mass is 19.1. The summed E-state index contributed by atoms with van der Waals surface area (Å²) < 4.78 is 15.3. The van der Waals surface area contributed by atoms with E-state index in [1.807, 2.05) is 18.3 Å². The third-order valence-corrected chi connectivity index (χ3v) is 3.25. The average molecular weight is 245 g/mol. The molecular formula is C14H16FN3. The second-order valence-corrected chi connectivity index (χ2v) is 4.82. The second kappa shape index (κ2) is 4.53. The fourth-order valence-electron chi connectivity index (χ4n) is 2.16. The fourth-order valence-corrected chi connectivity index (χ4v) is 2.16. The smallest absolute Gasteiger partial charge is 0.125 e. The van der Waals surface area contributed by atoms with Crippen molar-refractivity contribution in [2.24, 2.45) is 5.73 Å².